The van der Waals surface area contributed by atoms with Gasteiger partial charge in [-0.15, -0.1) is 6.42 Å². The van der Waals surface area contributed by atoms with Crippen LogP contribution in [0, 0.1) is 107 Å². The summed E-state index contributed by atoms with van der Waals surface area (Å²) in [5.74, 6) is 40.1. The lowest BCUT2D eigenvalue weighted by atomic mass is 10.1. The molecular formula is C48H47N5OS. The van der Waals surface area contributed by atoms with E-state index in [4.69, 9.17) is 18.6 Å². The summed E-state index contributed by atoms with van der Waals surface area (Å²) in [4.78, 5) is 21.3. The fraction of sp³-hybridized carbons (Fsp3) is 0.354. The van der Waals surface area contributed by atoms with Crippen LogP contribution < -0.4 is 15.2 Å². The molecular weight excluding hydrogens is 695 g/mol. The molecule has 0 unspecified atom stereocenters. The number of hydrogen-bond acceptors (Lipinski definition) is 4. The van der Waals surface area contributed by atoms with E-state index in [1.165, 1.54) is 44.9 Å². The molecule has 1 aromatic heterocycles. The maximum Gasteiger partial charge on any atom is 0.352 e. The van der Waals surface area contributed by atoms with Gasteiger partial charge in [0, 0.05) is 97.0 Å². The maximum absolute atomic E-state index is 14.0. The van der Waals surface area contributed by atoms with Crippen molar-refractivity contribution < 1.29 is 4.79 Å². The van der Waals surface area contributed by atoms with E-state index in [1.54, 1.807) is 11.2 Å². The topological polar surface area (TPSA) is 51.7 Å². The zero-order chi connectivity index (χ0) is 39.6. The number of pyridine rings is 1. The first-order valence-corrected chi connectivity index (χ1v) is 19.1. The number of unbranched alkanes of at least 4 members (excludes halogenated alkanes) is 9. The van der Waals surface area contributed by atoms with Gasteiger partial charge < -0.3 is 4.90 Å². The number of urea groups is 1. The number of nitrogens with zero attached hydrogens (tertiary/aromatic N) is 4. The van der Waals surface area contributed by atoms with Crippen LogP contribution in [0.25, 0.3) is 0 Å². The van der Waals surface area contributed by atoms with Crippen LogP contribution in [0.3, 0.4) is 0 Å². The van der Waals surface area contributed by atoms with E-state index in [9.17, 15) is 4.79 Å². The van der Waals surface area contributed by atoms with Crippen molar-refractivity contribution in [2.75, 3.05) is 29.5 Å². The van der Waals surface area contributed by atoms with Crippen molar-refractivity contribution in [1.82, 2.24) is 15.3 Å². The molecule has 0 radical (unpaired) electrons. The Balaban J connectivity index is 2.24. The number of carbonyl (C=O) groups excluding carboxylic acids is 1. The highest BCUT2D eigenvalue weighted by molar-refractivity contribution is 7.80. The molecule has 0 aliphatic rings. The third-order valence-electron chi connectivity index (χ3n) is 7.91. The van der Waals surface area contributed by atoms with Crippen molar-refractivity contribution in [3.8, 4) is 107 Å². The number of carbonyl (C=O) groups is 1. The number of anilines is 2. The Kier molecular flexibility index (Phi) is 24.2. The van der Waals surface area contributed by atoms with Crippen molar-refractivity contribution in [3.05, 3.63) is 54.4 Å². The predicted octanol–water partition coefficient (Wildman–Crippen LogP) is 7.77. The highest BCUT2D eigenvalue weighted by atomic mass is 32.1. The molecule has 0 bridgehead atoms. The Hall–Kier alpha value is -6.63. The van der Waals surface area contributed by atoms with Gasteiger partial charge in [0.2, 0.25) is 0 Å². The Morgan fingerprint density at radius 2 is 1.15 bits per heavy atom. The predicted molar refractivity (Wildman–Crippen MR) is 231 cm³/mol. The number of benzene rings is 1. The molecule has 7 heteroatoms. The molecule has 0 aliphatic heterocycles. The molecule has 2 rings (SSSR count). The summed E-state index contributed by atoms with van der Waals surface area (Å²) in [5.41, 5.74) is 2.56. The smallest absolute Gasteiger partial charge is 0.352 e. The largest absolute Gasteiger partial charge is 0.372 e. The van der Waals surface area contributed by atoms with Gasteiger partial charge in [0.25, 0.3) is 0 Å². The lowest BCUT2D eigenvalue weighted by molar-refractivity contribution is 0.236. The number of nitrogens with one attached hydrogen (secondary N) is 1. The van der Waals surface area contributed by atoms with Gasteiger partial charge >= 0.3 is 6.03 Å². The Labute approximate surface area is 336 Å². The van der Waals surface area contributed by atoms with Crippen LogP contribution in [0.5, 0.6) is 0 Å². The number of thiocarbonyl (C=S) groups is 1. The second-order valence-corrected chi connectivity index (χ2v) is 12.2. The summed E-state index contributed by atoms with van der Waals surface area (Å²) in [7, 11) is 0. The first-order chi connectivity index (χ1) is 27.0. The van der Waals surface area contributed by atoms with Gasteiger partial charge in [0.05, 0.1) is 5.69 Å². The van der Waals surface area contributed by atoms with Gasteiger partial charge in [-0.25, -0.2) is 9.80 Å². The van der Waals surface area contributed by atoms with E-state index in [0.717, 1.165) is 43.7 Å². The number of aromatic nitrogens is 1. The lowest BCUT2D eigenvalue weighted by Gasteiger charge is -2.36. The third kappa shape index (κ3) is 19.7. The van der Waals surface area contributed by atoms with Crippen molar-refractivity contribution in [3.63, 3.8) is 0 Å². The Morgan fingerprint density at radius 3 is 1.64 bits per heavy atom. The Morgan fingerprint density at radius 1 is 0.655 bits per heavy atom. The van der Waals surface area contributed by atoms with Crippen molar-refractivity contribution in [2.24, 2.45) is 0 Å². The van der Waals surface area contributed by atoms with E-state index in [1.807, 2.05) is 47.5 Å². The minimum atomic E-state index is -0.453. The van der Waals surface area contributed by atoms with Gasteiger partial charge in [-0.3, -0.25) is 15.3 Å². The average Bonchev–Trinajstić information content (AvgIpc) is 3.20. The third-order valence-corrected chi connectivity index (χ3v) is 8.26. The van der Waals surface area contributed by atoms with E-state index >= 15 is 0 Å². The minimum absolute atomic E-state index is 0.408. The van der Waals surface area contributed by atoms with Crippen LogP contribution >= 0.6 is 12.2 Å². The fourth-order valence-corrected chi connectivity index (χ4v) is 5.53. The van der Waals surface area contributed by atoms with Crippen LogP contribution in [-0.4, -0.2) is 40.6 Å². The highest BCUT2D eigenvalue weighted by Gasteiger charge is 2.26. The quantitative estimate of drug-likeness (QED) is 0.0591. The summed E-state index contributed by atoms with van der Waals surface area (Å²) < 4.78 is 0. The number of amides is 2. The summed E-state index contributed by atoms with van der Waals surface area (Å²) in [6, 6.07) is 15.9. The first-order valence-electron chi connectivity index (χ1n) is 18.7. The second-order valence-electron chi connectivity index (χ2n) is 11.8. The van der Waals surface area contributed by atoms with Crippen LogP contribution in [0.4, 0.5) is 16.2 Å². The summed E-state index contributed by atoms with van der Waals surface area (Å²) in [6.45, 7) is 8.79. The SMILES string of the molecule is C#CC#CC#CC#CC#CC#CC#CC#CC#CNC(=O)N(c1ccc(N(CC)CC)cc1)N(CCCCCCCCCCCC)C(=S)Cc1ccccn1. The van der Waals surface area contributed by atoms with E-state index < -0.39 is 6.03 Å². The average molecular weight is 742 g/mol. The number of terminal acetylenes is 1. The second kappa shape index (κ2) is 29.9. The van der Waals surface area contributed by atoms with Gasteiger partial charge in [0.1, 0.15) is 4.99 Å². The summed E-state index contributed by atoms with van der Waals surface area (Å²) in [5, 5.41) is 6.15. The van der Waals surface area contributed by atoms with Gasteiger partial charge in [-0.1, -0.05) is 83.0 Å². The first kappa shape index (κ1) is 44.5. The van der Waals surface area contributed by atoms with Crippen LogP contribution in [-0.2, 0) is 6.42 Å². The summed E-state index contributed by atoms with van der Waals surface area (Å²) >= 11 is 6.03. The van der Waals surface area contributed by atoms with E-state index in [0.29, 0.717) is 23.6 Å². The molecule has 0 spiro atoms. The molecule has 0 saturated heterocycles. The molecule has 55 heavy (non-hydrogen) atoms. The standard InChI is InChI=1S/C48H47N5OS/c1-5-9-11-13-15-17-19-20-21-22-23-24-25-27-29-32-41-50-48(54)53(46-38-36-45(37-39-46)51(7-3)8-4)52(47(55)43-44-35-31-33-40-49-44)42-34-30-28-26-18-16-14-12-10-6-2/h1,31,33,35-40H,6-8,10,12,14,16,18,26,28,30,34,42-43H2,2-4H3,(H,50,54). The van der Waals surface area contributed by atoms with Crippen molar-refractivity contribution >= 4 is 34.6 Å². The van der Waals surface area contributed by atoms with Gasteiger partial charge in [-0.05, 0) is 104 Å². The minimum Gasteiger partial charge on any atom is -0.372 e. The van der Waals surface area contributed by atoms with E-state index in [-0.39, 0.29) is 0 Å². The zero-order valence-electron chi connectivity index (χ0n) is 32.2. The molecule has 1 heterocycles. The molecule has 2 amide bonds. The van der Waals surface area contributed by atoms with Crippen molar-refractivity contribution in [2.45, 2.75) is 91.4 Å². The molecule has 1 N–H and O–H groups in total. The maximum atomic E-state index is 14.0. The van der Waals surface area contributed by atoms with Gasteiger partial charge in [-0.2, -0.15) is 0 Å². The monoisotopic (exact) mass is 741 g/mol. The molecule has 6 nitrogen and oxygen atoms in total. The Bertz CT molecular complexity index is 2090. The van der Waals surface area contributed by atoms with Gasteiger partial charge in [0.15, 0.2) is 0 Å². The molecule has 1 aromatic carbocycles. The number of rotatable bonds is 17. The highest BCUT2D eigenvalue weighted by Crippen LogP contribution is 2.24. The number of hydrogen-bond donors (Lipinski definition) is 1. The van der Waals surface area contributed by atoms with Crippen molar-refractivity contribution in [1.29, 1.82) is 0 Å². The number of hydrazine groups is 1. The molecule has 0 atom stereocenters. The van der Waals surface area contributed by atoms with Crippen LogP contribution in [0.15, 0.2) is 48.7 Å². The van der Waals surface area contributed by atoms with Crippen LogP contribution in [0.2, 0.25) is 0 Å². The molecule has 0 aliphatic carbocycles. The fourth-order valence-electron chi connectivity index (χ4n) is 5.21. The lowest BCUT2D eigenvalue weighted by Crippen LogP contribution is -2.53. The zero-order valence-corrected chi connectivity index (χ0v) is 33.0. The van der Waals surface area contributed by atoms with E-state index in [2.05, 4.69) is 137 Å². The normalized spacial score (nSPS) is 8.62. The molecule has 0 fully saturated rings. The molecule has 276 valence electrons. The molecule has 0 saturated carbocycles. The molecule has 2 aromatic rings. The summed E-state index contributed by atoms with van der Waals surface area (Å²) in [6.07, 6.45) is 19.2. The van der Waals surface area contributed by atoms with Crippen LogP contribution in [0.1, 0.15) is 90.7 Å².